The fraction of sp³-hybridized carbons (Fsp3) is 1.00. The number of rotatable bonds is 10. The molecule has 0 aliphatic rings. The molecule has 0 spiro atoms. The predicted molar refractivity (Wildman–Crippen MR) is 67.3 cm³/mol. The molecule has 1 atom stereocenters. The summed E-state index contributed by atoms with van der Waals surface area (Å²) >= 11 is 0. The van der Waals surface area contributed by atoms with Gasteiger partial charge in [-0.15, -0.1) is 0 Å². The van der Waals surface area contributed by atoms with Crippen molar-refractivity contribution in [3.8, 4) is 0 Å². The smallest absolute Gasteiger partial charge is 0.0468 e. The molecule has 0 amide bonds. The minimum absolute atomic E-state index is 0.684. The first-order chi connectivity index (χ1) is 7.20. The SMILES string of the molecule is CCNC(CC)CCCOCCC(C)C. The Morgan fingerprint density at radius 2 is 1.80 bits per heavy atom. The molecule has 0 fully saturated rings. The second kappa shape index (κ2) is 10.4. The Labute approximate surface area is 95.8 Å². The third-order valence-electron chi connectivity index (χ3n) is 2.67. The second-order valence-electron chi connectivity index (χ2n) is 4.60. The highest BCUT2D eigenvalue weighted by Gasteiger charge is 2.03. The van der Waals surface area contributed by atoms with Gasteiger partial charge in [0, 0.05) is 19.3 Å². The molecule has 0 aromatic carbocycles. The van der Waals surface area contributed by atoms with Crippen LogP contribution in [0, 0.1) is 5.92 Å². The van der Waals surface area contributed by atoms with E-state index in [0.29, 0.717) is 6.04 Å². The Hall–Kier alpha value is -0.0800. The molecule has 0 aromatic heterocycles. The summed E-state index contributed by atoms with van der Waals surface area (Å²) in [5.41, 5.74) is 0. The zero-order chi connectivity index (χ0) is 11.5. The number of hydrogen-bond donors (Lipinski definition) is 1. The van der Waals surface area contributed by atoms with Crippen LogP contribution < -0.4 is 5.32 Å². The van der Waals surface area contributed by atoms with Crippen molar-refractivity contribution < 1.29 is 4.74 Å². The maximum atomic E-state index is 5.59. The molecule has 15 heavy (non-hydrogen) atoms. The monoisotopic (exact) mass is 215 g/mol. The van der Waals surface area contributed by atoms with Crippen molar-refractivity contribution in [1.29, 1.82) is 0 Å². The molecule has 0 aliphatic carbocycles. The van der Waals surface area contributed by atoms with E-state index in [-0.39, 0.29) is 0 Å². The summed E-state index contributed by atoms with van der Waals surface area (Å²) in [5, 5.41) is 3.49. The molecule has 0 radical (unpaired) electrons. The van der Waals surface area contributed by atoms with Gasteiger partial charge in [-0.25, -0.2) is 0 Å². The lowest BCUT2D eigenvalue weighted by Crippen LogP contribution is -2.28. The lowest BCUT2D eigenvalue weighted by molar-refractivity contribution is 0.118. The summed E-state index contributed by atoms with van der Waals surface area (Å²) in [7, 11) is 0. The van der Waals surface area contributed by atoms with E-state index in [1.807, 2.05) is 0 Å². The lowest BCUT2D eigenvalue weighted by Gasteiger charge is -2.15. The highest BCUT2D eigenvalue weighted by atomic mass is 16.5. The minimum atomic E-state index is 0.684. The molecule has 0 rings (SSSR count). The molecule has 0 saturated heterocycles. The van der Waals surface area contributed by atoms with E-state index in [2.05, 4.69) is 33.0 Å². The first kappa shape index (κ1) is 14.9. The molecule has 0 bridgehead atoms. The quantitative estimate of drug-likeness (QED) is 0.565. The minimum Gasteiger partial charge on any atom is -0.381 e. The molecule has 2 nitrogen and oxygen atoms in total. The van der Waals surface area contributed by atoms with Gasteiger partial charge in [0.15, 0.2) is 0 Å². The van der Waals surface area contributed by atoms with Crippen molar-refractivity contribution in [3.63, 3.8) is 0 Å². The van der Waals surface area contributed by atoms with Gasteiger partial charge in [-0.1, -0.05) is 27.7 Å². The van der Waals surface area contributed by atoms with Crippen LogP contribution in [0.15, 0.2) is 0 Å². The average molecular weight is 215 g/mol. The van der Waals surface area contributed by atoms with Crippen LogP contribution >= 0.6 is 0 Å². The van der Waals surface area contributed by atoms with Crippen LogP contribution in [0.25, 0.3) is 0 Å². The lowest BCUT2D eigenvalue weighted by atomic mass is 10.1. The highest BCUT2D eigenvalue weighted by molar-refractivity contribution is 4.63. The van der Waals surface area contributed by atoms with Crippen molar-refractivity contribution >= 4 is 0 Å². The average Bonchev–Trinajstić information content (AvgIpc) is 2.21. The van der Waals surface area contributed by atoms with Gasteiger partial charge in [0.05, 0.1) is 0 Å². The molecule has 1 N–H and O–H groups in total. The molecule has 0 aromatic rings. The van der Waals surface area contributed by atoms with Gasteiger partial charge in [-0.2, -0.15) is 0 Å². The third kappa shape index (κ3) is 10.2. The van der Waals surface area contributed by atoms with Crippen LogP contribution in [0.2, 0.25) is 0 Å². The summed E-state index contributed by atoms with van der Waals surface area (Å²) in [6.07, 6.45) is 4.83. The van der Waals surface area contributed by atoms with Crippen LogP contribution in [-0.2, 0) is 4.74 Å². The Morgan fingerprint density at radius 3 is 2.33 bits per heavy atom. The first-order valence-corrected chi connectivity index (χ1v) is 6.51. The van der Waals surface area contributed by atoms with Crippen molar-refractivity contribution in [1.82, 2.24) is 5.32 Å². The molecule has 92 valence electrons. The fourth-order valence-electron chi connectivity index (χ4n) is 1.59. The zero-order valence-electron chi connectivity index (χ0n) is 11.0. The summed E-state index contributed by atoms with van der Waals surface area (Å²) < 4.78 is 5.59. The Kier molecular flexibility index (Phi) is 10.4. The maximum Gasteiger partial charge on any atom is 0.0468 e. The highest BCUT2D eigenvalue weighted by Crippen LogP contribution is 2.03. The van der Waals surface area contributed by atoms with Crippen LogP contribution in [0.1, 0.15) is 53.4 Å². The van der Waals surface area contributed by atoms with Crippen LogP contribution in [-0.4, -0.2) is 25.8 Å². The molecular weight excluding hydrogens is 186 g/mol. The molecular formula is C13H29NO. The molecule has 0 saturated carbocycles. The fourth-order valence-corrected chi connectivity index (χ4v) is 1.59. The van der Waals surface area contributed by atoms with Crippen LogP contribution in [0.4, 0.5) is 0 Å². The Balaban J connectivity index is 3.21. The Morgan fingerprint density at radius 1 is 1.07 bits per heavy atom. The summed E-state index contributed by atoms with van der Waals surface area (Å²) in [6.45, 7) is 11.8. The zero-order valence-corrected chi connectivity index (χ0v) is 11.0. The number of hydrogen-bond acceptors (Lipinski definition) is 2. The Bertz CT molecular complexity index is 126. The van der Waals surface area contributed by atoms with E-state index < -0.39 is 0 Å². The van der Waals surface area contributed by atoms with Gasteiger partial charge in [0.25, 0.3) is 0 Å². The van der Waals surface area contributed by atoms with Gasteiger partial charge in [0.2, 0.25) is 0 Å². The molecule has 2 heteroatoms. The number of nitrogens with one attached hydrogen (secondary N) is 1. The summed E-state index contributed by atoms with van der Waals surface area (Å²) in [5.74, 6) is 0.759. The second-order valence-corrected chi connectivity index (χ2v) is 4.60. The predicted octanol–water partition coefficient (Wildman–Crippen LogP) is 3.22. The van der Waals surface area contributed by atoms with E-state index in [1.165, 1.54) is 25.7 Å². The van der Waals surface area contributed by atoms with E-state index >= 15 is 0 Å². The van der Waals surface area contributed by atoms with Crippen molar-refractivity contribution in [3.05, 3.63) is 0 Å². The molecule has 0 aliphatic heterocycles. The van der Waals surface area contributed by atoms with Gasteiger partial charge >= 0.3 is 0 Å². The topological polar surface area (TPSA) is 21.3 Å². The molecule has 0 heterocycles. The standard InChI is InChI=1S/C13H29NO/c1-5-13(14-6-2)8-7-10-15-11-9-12(3)4/h12-14H,5-11H2,1-4H3. The van der Waals surface area contributed by atoms with Crippen molar-refractivity contribution in [2.75, 3.05) is 19.8 Å². The third-order valence-corrected chi connectivity index (χ3v) is 2.67. The van der Waals surface area contributed by atoms with Crippen LogP contribution in [0.3, 0.4) is 0 Å². The van der Waals surface area contributed by atoms with Crippen LogP contribution in [0.5, 0.6) is 0 Å². The molecule has 1 unspecified atom stereocenters. The van der Waals surface area contributed by atoms with E-state index in [0.717, 1.165) is 25.7 Å². The van der Waals surface area contributed by atoms with Gasteiger partial charge in [0.1, 0.15) is 0 Å². The van der Waals surface area contributed by atoms with E-state index in [4.69, 9.17) is 4.74 Å². The van der Waals surface area contributed by atoms with Crippen molar-refractivity contribution in [2.45, 2.75) is 59.4 Å². The van der Waals surface area contributed by atoms with Gasteiger partial charge in [-0.3, -0.25) is 0 Å². The van der Waals surface area contributed by atoms with E-state index in [1.54, 1.807) is 0 Å². The van der Waals surface area contributed by atoms with Gasteiger partial charge in [-0.05, 0) is 38.1 Å². The maximum absolute atomic E-state index is 5.59. The summed E-state index contributed by atoms with van der Waals surface area (Å²) in [6, 6.07) is 0.684. The first-order valence-electron chi connectivity index (χ1n) is 6.51. The van der Waals surface area contributed by atoms with Crippen molar-refractivity contribution in [2.24, 2.45) is 5.92 Å². The number of ether oxygens (including phenoxy) is 1. The summed E-state index contributed by atoms with van der Waals surface area (Å²) in [4.78, 5) is 0. The largest absolute Gasteiger partial charge is 0.381 e. The van der Waals surface area contributed by atoms with E-state index in [9.17, 15) is 0 Å². The normalized spacial score (nSPS) is 13.4. The van der Waals surface area contributed by atoms with Gasteiger partial charge < -0.3 is 10.1 Å².